The molecule has 3 nitrogen and oxygen atoms in total. The van der Waals surface area contributed by atoms with Crippen LogP contribution in [0.15, 0.2) is 22.7 Å². The Morgan fingerprint density at radius 2 is 2.12 bits per heavy atom. The Morgan fingerprint density at radius 1 is 1.38 bits per heavy atom. The molecule has 4 heteroatoms. The van der Waals surface area contributed by atoms with E-state index in [9.17, 15) is 0 Å². The van der Waals surface area contributed by atoms with Crippen LogP contribution in [-0.2, 0) is 4.74 Å². The number of nitrogens with one attached hydrogen (secondary N) is 1. The average Bonchev–Trinajstić information content (AvgIpc) is 2.28. The molecule has 1 N–H and O–H groups in total. The van der Waals surface area contributed by atoms with Gasteiger partial charge in [0.25, 0.3) is 0 Å². The first-order valence-electron chi connectivity index (χ1n) is 5.20. The second kappa shape index (κ2) is 6.89. The highest BCUT2D eigenvalue weighted by Gasteiger charge is 2.12. The molecule has 0 amide bonds. The van der Waals surface area contributed by atoms with Gasteiger partial charge in [0.1, 0.15) is 5.75 Å². The molecule has 0 aromatic heterocycles. The van der Waals surface area contributed by atoms with Crippen molar-refractivity contribution in [3.05, 3.63) is 28.2 Å². The quantitative estimate of drug-likeness (QED) is 0.872. The lowest BCUT2D eigenvalue weighted by atomic mass is 10.00. The highest BCUT2D eigenvalue weighted by molar-refractivity contribution is 9.10. The van der Waals surface area contributed by atoms with Gasteiger partial charge in [0.2, 0.25) is 0 Å². The van der Waals surface area contributed by atoms with Crippen molar-refractivity contribution in [2.75, 3.05) is 34.4 Å². The van der Waals surface area contributed by atoms with Crippen molar-refractivity contribution in [1.29, 1.82) is 0 Å². The molecule has 16 heavy (non-hydrogen) atoms. The second-order valence-corrected chi connectivity index (χ2v) is 4.46. The van der Waals surface area contributed by atoms with E-state index in [1.165, 1.54) is 5.56 Å². The minimum atomic E-state index is 0.359. The number of hydrogen-bond donors (Lipinski definition) is 1. The van der Waals surface area contributed by atoms with Gasteiger partial charge < -0.3 is 14.8 Å². The number of ether oxygens (including phenoxy) is 2. The van der Waals surface area contributed by atoms with Crippen LogP contribution < -0.4 is 10.1 Å². The van der Waals surface area contributed by atoms with Crippen molar-refractivity contribution in [3.63, 3.8) is 0 Å². The molecule has 0 aliphatic carbocycles. The van der Waals surface area contributed by atoms with Crippen LogP contribution in [0, 0.1) is 0 Å². The Hall–Kier alpha value is -0.580. The zero-order valence-corrected chi connectivity index (χ0v) is 11.5. The molecule has 0 saturated heterocycles. The highest BCUT2D eigenvalue weighted by Crippen LogP contribution is 2.28. The van der Waals surface area contributed by atoms with Crippen molar-refractivity contribution in [1.82, 2.24) is 5.32 Å². The van der Waals surface area contributed by atoms with E-state index in [0.29, 0.717) is 12.5 Å². The zero-order valence-electron chi connectivity index (χ0n) is 9.92. The topological polar surface area (TPSA) is 30.5 Å². The number of hydrogen-bond acceptors (Lipinski definition) is 3. The monoisotopic (exact) mass is 287 g/mol. The Labute approximate surface area is 105 Å². The van der Waals surface area contributed by atoms with Crippen LogP contribution in [0.4, 0.5) is 0 Å². The molecule has 0 fully saturated rings. The van der Waals surface area contributed by atoms with Crippen molar-refractivity contribution >= 4 is 15.9 Å². The molecule has 0 bridgehead atoms. The molecule has 0 spiro atoms. The molecular weight excluding hydrogens is 270 g/mol. The Bertz CT molecular complexity index is 325. The van der Waals surface area contributed by atoms with E-state index in [1.54, 1.807) is 14.2 Å². The van der Waals surface area contributed by atoms with Crippen LogP contribution in [-0.4, -0.2) is 34.4 Å². The fraction of sp³-hybridized carbons (Fsp3) is 0.500. The number of rotatable bonds is 6. The molecule has 0 aliphatic heterocycles. The van der Waals surface area contributed by atoms with E-state index in [1.807, 2.05) is 13.1 Å². The van der Waals surface area contributed by atoms with Gasteiger partial charge in [0, 0.05) is 19.6 Å². The third kappa shape index (κ3) is 3.47. The van der Waals surface area contributed by atoms with E-state index in [4.69, 9.17) is 9.47 Å². The van der Waals surface area contributed by atoms with Crippen LogP contribution in [0.2, 0.25) is 0 Å². The molecule has 1 atom stereocenters. The van der Waals surface area contributed by atoms with Gasteiger partial charge in [-0.05, 0) is 40.7 Å². The SMILES string of the molecule is CNCC(COC)c1ccc(OC)c(Br)c1. The van der Waals surface area contributed by atoms with E-state index < -0.39 is 0 Å². The molecule has 0 heterocycles. The van der Waals surface area contributed by atoms with Gasteiger partial charge in [0.15, 0.2) is 0 Å². The summed E-state index contributed by atoms with van der Waals surface area (Å²) in [5, 5.41) is 3.17. The number of likely N-dealkylation sites (N-methyl/N-ethyl adjacent to an activating group) is 1. The van der Waals surface area contributed by atoms with Crippen LogP contribution in [0.1, 0.15) is 11.5 Å². The van der Waals surface area contributed by atoms with E-state index >= 15 is 0 Å². The summed E-state index contributed by atoms with van der Waals surface area (Å²) >= 11 is 3.49. The summed E-state index contributed by atoms with van der Waals surface area (Å²) in [5.74, 6) is 1.21. The molecule has 0 radical (unpaired) electrons. The minimum Gasteiger partial charge on any atom is -0.496 e. The summed E-state index contributed by atoms with van der Waals surface area (Å²) in [6.45, 7) is 1.60. The first-order chi connectivity index (χ1) is 7.72. The predicted molar refractivity (Wildman–Crippen MR) is 69.2 cm³/mol. The standard InChI is InChI=1S/C12H18BrNO2/c1-14-7-10(8-15-2)9-4-5-12(16-3)11(13)6-9/h4-6,10,14H,7-8H2,1-3H3. The summed E-state index contributed by atoms with van der Waals surface area (Å²) in [5.41, 5.74) is 1.24. The maximum atomic E-state index is 5.22. The van der Waals surface area contributed by atoms with Crippen LogP contribution in [0.3, 0.4) is 0 Å². The van der Waals surface area contributed by atoms with Crippen molar-refractivity contribution < 1.29 is 9.47 Å². The minimum absolute atomic E-state index is 0.359. The predicted octanol–water partition coefficient (Wildman–Crippen LogP) is 2.41. The fourth-order valence-electron chi connectivity index (χ4n) is 1.66. The number of methoxy groups -OCH3 is 2. The first-order valence-corrected chi connectivity index (χ1v) is 5.99. The summed E-state index contributed by atoms with van der Waals surface area (Å²) in [7, 11) is 5.34. The maximum absolute atomic E-state index is 5.22. The molecule has 90 valence electrons. The van der Waals surface area contributed by atoms with Gasteiger partial charge in [-0.25, -0.2) is 0 Å². The molecule has 0 aliphatic rings. The number of benzene rings is 1. The van der Waals surface area contributed by atoms with Gasteiger partial charge in [-0.3, -0.25) is 0 Å². The molecule has 1 unspecified atom stereocenters. The fourth-order valence-corrected chi connectivity index (χ4v) is 2.22. The van der Waals surface area contributed by atoms with Crippen LogP contribution in [0.25, 0.3) is 0 Å². The lowest BCUT2D eigenvalue weighted by molar-refractivity contribution is 0.178. The third-order valence-corrected chi connectivity index (χ3v) is 3.09. The van der Waals surface area contributed by atoms with Crippen LogP contribution >= 0.6 is 15.9 Å². The third-order valence-electron chi connectivity index (χ3n) is 2.47. The molecule has 0 saturated carbocycles. The summed E-state index contributed by atoms with van der Waals surface area (Å²) in [6, 6.07) is 6.13. The van der Waals surface area contributed by atoms with E-state index in [-0.39, 0.29) is 0 Å². The first kappa shape index (κ1) is 13.5. The van der Waals surface area contributed by atoms with E-state index in [0.717, 1.165) is 16.8 Å². The molecule has 1 aromatic carbocycles. The van der Waals surface area contributed by atoms with E-state index in [2.05, 4.69) is 33.4 Å². The van der Waals surface area contributed by atoms with Gasteiger partial charge in [-0.2, -0.15) is 0 Å². The van der Waals surface area contributed by atoms with Crippen molar-refractivity contribution in [2.24, 2.45) is 0 Å². The Kier molecular flexibility index (Phi) is 5.80. The zero-order chi connectivity index (χ0) is 12.0. The molecular formula is C12H18BrNO2. The van der Waals surface area contributed by atoms with Gasteiger partial charge >= 0.3 is 0 Å². The van der Waals surface area contributed by atoms with Crippen LogP contribution in [0.5, 0.6) is 5.75 Å². The van der Waals surface area contributed by atoms with Crippen molar-refractivity contribution in [3.8, 4) is 5.75 Å². The summed E-state index contributed by atoms with van der Waals surface area (Å²) in [4.78, 5) is 0. The molecule has 1 aromatic rings. The average molecular weight is 288 g/mol. The lowest BCUT2D eigenvalue weighted by Crippen LogP contribution is -2.20. The number of halogens is 1. The Morgan fingerprint density at radius 3 is 2.62 bits per heavy atom. The van der Waals surface area contributed by atoms with Gasteiger partial charge in [0.05, 0.1) is 18.2 Å². The van der Waals surface area contributed by atoms with Gasteiger partial charge in [-0.1, -0.05) is 6.07 Å². The maximum Gasteiger partial charge on any atom is 0.133 e. The highest BCUT2D eigenvalue weighted by atomic mass is 79.9. The molecule has 1 rings (SSSR count). The normalized spacial score (nSPS) is 12.5. The lowest BCUT2D eigenvalue weighted by Gasteiger charge is -2.17. The Balaban J connectivity index is 2.87. The van der Waals surface area contributed by atoms with Crippen molar-refractivity contribution in [2.45, 2.75) is 5.92 Å². The smallest absolute Gasteiger partial charge is 0.133 e. The van der Waals surface area contributed by atoms with Gasteiger partial charge in [-0.15, -0.1) is 0 Å². The summed E-state index contributed by atoms with van der Waals surface area (Å²) in [6.07, 6.45) is 0. The largest absolute Gasteiger partial charge is 0.496 e. The summed E-state index contributed by atoms with van der Waals surface area (Å²) < 4.78 is 11.4. The second-order valence-electron chi connectivity index (χ2n) is 3.60.